The Balaban J connectivity index is 1.59. The molecule has 3 N–H and O–H groups in total. The maximum atomic E-state index is 9.10. The molecule has 9 nitrogen and oxygen atoms in total. The maximum Gasteiger partial charge on any atom is 0.144 e. The van der Waals surface area contributed by atoms with E-state index in [-0.39, 0.29) is 0 Å². The summed E-state index contributed by atoms with van der Waals surface area (Å²) in [6.07, 6.45) is 4.69. The van der Waals surface area contributed by atoms with Crippen molar-refractivity contribution >= 4 is 34.4 Å². The quantitative estimate of drug-likeness (QED) is 0.351. The SMILES string of the molecule is CCON=Cc1c(N)ncnc1Nc1ccc2c(cnn2Cc2cccc(C#N)c2)c1. The average molecular weight is 412 g/mol. The number of oxime groups is 1. The maximum absolute atomic E-state index is 9.10. The lowest BCUT2D eigenvalue weighted by Crippen LogP contribution is -2.05. The Kier molecular flexibility index (Phi) is 5.71. The number of nitriles is 1. The molecule has 0 saturated heterocycles. The van der Waals surface area contributed by atoms with Gasteiger partial charge in [0.25, 0.3) is 0 Å². The van der Waals surface area contributed by atoms with Crippen LogP contribution in [0.3, 0.4) is 0 Å². The van der Waals surface area contributed by atoms with Crippen molar-refractivity contribution in [2.45, 2.75) is 13.5 Å². The lowest BCUT2D eigenvalue weighted by Gasteiger charge is -2.10. The van der Waals surface area contributed by atoms with Gasteiger partial charge >= 0.3 is 0 Å². The summed E-state index contributed by atoms with van der Waals surface area (Å²) in [4.78, 5) is 13.3. The van der Waals surface area contributed by atoms with Crippen molar-refractivity contribution in [3.63, 3.8) is 0 Å². The van der Waals surface area contributed by atoms with E-state index in [9.17, 15) is 0 Å². The molecule has 0 atom stereocenters. The topological polar surface area (TPSA) is 127 Å². The van der Waals surface area contributed by atoms with Gasteiger partial charge in [0.15, 0.2) is 0 Å². The minimum atomic E-state index is 0.300. The summed E-state index contributed by atoms with van der Waals surface area (Å²) in [5.41, 5.74) is 9.97. The molecule has 4 aromatic rings. The minimum Gasteiger partial charge on any atom is -0.396 e. The first-order valence-corrected chi connectivity index (χ1v) is 9.65. The normalized spacial score (nSPS) is 11.0. The zero-order valence-corrected chi connectivity index (χ0v) is 16.9. The van der Waals surface area contributed by atoms with Crippen LogP contribution in [0.1, 0.15) is 23.6 Å². The van der Waals surface area contributed by atoms with Gasteiger partial charge in [-0.05, 0) is 42.8 Å². The number of rotatable bonds is 7. The smallest absolute Gasteiger partial charge is 0.144 e. The van der Waals surface area contributed by atoms with Crippen molar-refractivity contribution in [1.82, 2.24) is 19.7 Å². The summed E-state index contributed by atoms with van der Waals surface area (Å²) < 4.78 is 1.90. The molecule has 0 saturated carbocycles. The van der Waals surface area contributed by atoms with Crippen molar-refractivity contribution in [2.75, 3.05) is 17.7 Å². The van der Waals surface area contributed by atoms with E-state index in [0.717, 1.165) is 22.2 Å². The molecule has 0 radical (unpaired) electrons. The summed E-state index contributed by atoms with van der Waals surface area (Å²) in [6, 6.07) is 15.6. The lowest BCUT2D eigenvalue weighted by molar-refractivity contribution is 0.160. The molecule has 31 heavy (non-hydrogen) atoms. The monoisotopic (exact) mass is 412 g/mol. The number of benzene rings is 2. The Morgan fingerprint density at radius 3 is 3.00 bits per heavy atom. The molecule has 0 unspecified atom stereocenters. The Morgan fingerprint density at radius 1 is 1.26 bits per heavy atom. The Labute approximate surface area is 178 Å². The molecule has 154 valence electrons. The zero-order chi connectivity index (χ0) is 21.6. The van der Waals surface area contributed by atoms with Gasteiger partial charge in [0, 0.05) is 11.1 Å². The third-order valence-corrected chi connectivity index (χ3v) is 4.59. The van der Waals surface area contributed by atoms with Gasteiger partial charge in [-0.2, -0.15) is 10.4 Å². The van der Waals surface area contributed by atoms with Gasteiger partial charge in [-0.1, -0.05) is 17.3 Å². The number of nitrogens with zero attached hydrogens (tertiary/aromatic N) is 6. The molecular formula is C22H20N8O. The van der Waals surface area contributed by atoms with Gasteiger partial charge in [-0.25, -0.2) is 9.97 Å². The van der Waals surface area contributed by atoms with Crippen LogP contribution in [0.4, 0.5) is 17.3 Å². The molecular weight excluding hydrogens is 392 g/mol. The first-order valence-electron chi connectivity index (χ1n) is 9.65. The van der Waals surface area contributed by atoms with Crippen LogP contribution in [0.15, 0.2) is 60.1 Å². The van der Waals surface area contributed by atoms with Crippen LogP contribution in [0.5, 0.6) is 0 Å². The molecule has 2 aromatic carbocycles. The number of nitrogen functional groups attached to an aromatic ring is 1. The van der Waals surface area contributed by atoms with Gasteiger partial charge in [0.1, 0.15) is 24.6 Å². The third-order valence-electron chi connectivity index (χ3n) is 4.59. The number of hydrogen-bond acceptors (Lipinski definition) is 8. The summed E-state index contributed by atoms with van der Waals surface area (Å²) in [5, 5.41) is 21.7. The highest BCUT2D eigenvalue weighted by Gasteiger charge is 2.10. The van der Waals surface area contributed by atoms with Crippen LogP contribution >= 0.6 is 0 Å². The highest BCUT2D eigenvalue weighted by molar-refractivity contribution is 5.93. The Morgan fingerprint density at radius 2 is 2.16 bits per heavy atom. The van der Waals surface area contributed by atoms with Gasteiger partial charge in [0.2, 0.25) is 0 Å². The fraction of sp³-hybridized carbons (Fsp3) is 0.136. The van der Waals surface area contributed by atoms with Gasteiger partial charge < -0.3 is 15.9 Å². The van der Waals surface area contributed by atoms with E-state index in [2.05, 4.69) is 31.6 Å². The molecule has 4 rings (SSSR count). The molecule has 0 fully saturated rings. The van der Waals surface area contributed by atoms with Crippen molar-refractivity contribution < 1.29 is 4.84 Å². The van der Waals surface area contributed by atoms with Gasteiger partial charge in [-0.15, -0.1) is 0 Å². The van der Waals surface area contributed by atoms with Gasteiger partial charge in [-0.3, -0.25) is 4.68 Å². The highest BCUT2D eigenvalue weighted by atomic mass is 16.6. The highest BCUT2D eigenvalue weighted by Crippen LogP contribution is 2.24. The Hall–Kier alpha value is -4.45. The second-order valence-electron chi connectivity index (χ2n) is 6.69. The number of fused-ring (bicyclic) bond motifs is 1. The zero-order valence-electron chi connectivity index (χ0n) is 16.9. The van der Waals surface area contributed by atoms with Gasteiger partial charge in [0.05, 0.1) is 41.7 Å². The minimum absolute atomic E-state index is 0.300. The van der Waals surface area contributed by atoms with E-state index in [1.54, 1.807) is 12.3 Å². The summed E-state index contributed by atoms with van der Waals surface area (Å²) in [5.74, 6) is 0.825. The molecule has 0 amide bonds. The van der Waals surface area contributed by atoms with Crippen molar-refractivity contribution in [3.05, 3.63) is 71.7 Å². The molecule has 0 aliphatic rings. The van der Waals surface area contributed by atoms with Crippen LogP contribution in [0.2, 0.25) is 0 Å². The van der Waals surface area contributed by atoms with Crippen molar-refractivity contribution in [2.24, 2.45) is 5.16 Å². The largest absolute Gasteiger partial charge is 0.396 e. The molecule has 0 spiro atoms. The molecule has 9 heteroatoms. The predicted octanol–water partition coefficient (Wildman–Crippen LogP) is 3.44. The summed E-state index contributed by atoms with van der Waals surface area (Å²) in [6.45, 7) is 2.87. The number of hydrogen-bond donors (Lipinski definition) is 2. The van der Waals surface area contributed by atoms with E-state index in [0.29, 0.717) is 35.9 Å². The van der Waals surface area contributed by atoms with E-state index >= 15 is 0 Å². The van der Waals surface area contributed by atoms with E-state index in [4.69, 9.17) is 15.8 Å². The van der Waals surface area contributed by atoms with Crippen LogP contribution < -0.4 is 11.1 Å². The fourth-order valence-electron chi connectivity index (χ4n) is 3.14. The predicted molar refractivity (Wildman–Crippen MR) is 119 cm³/mol. The summed E-state index contributed by atoms with van der Waals surface area (Å²) >= 11 is 0. The van der Waals surface area contributed by atoms with Crippen molar-refractivity contribution in [1.29, 1.82) is 5.26 Å². The number of anilines is 3. The second-order valence-corrected chi connectivity index (χ2v) is 6.69. The molecule has 0 aliphatic heterocycles. The number of nitrogens with two attached hydrogens (primary N) is 1. The van der Waals surface area contributed by atoms with Crippen molar-refractivity contribution in [3.8, 4) is 6.07 Å². The molecule has 2 aromatic heterocycles. The first kappa shape index (κ1) is 19.8. The average Bonchev–Trinajstić information content (AvgIpc) is 3.18. The van der Waals surface area contributed by atoms with E-state index < -0.39 is 0 Å². The lowest BCUT2D eigenvalue weighted by atomic mass is 10.1. The van der Waals surface area contributed by atoms with Crippen LogP contribution in [-0.2, 0) is 11.4 Å². The van der Waals surface area contributed by atoms with E-state index in [1.807, 2.05) is 48.0 Å². The molecule has 2 heterocycles. The number of nitrogens with one attached hydrogen (secondary N) is 1. The molecule has 0 bridgehead atoms. The van der Waals surface area contributed by atoms with E-state index in [1.165, 1.54) is 12.5 Å². The third kappa shape index (κ3) is 4.43. The standard InChI is InChI=1S/C22H20N8O/c1-2-31-28-12-19-21(24)25-14-26-22(19)29-18-6-7-20-17(9-18)11-27-30(20)13-16-5-3-4-15(8-16)10-23/h3-9,11-12,14H,2,13H2,1H3,(H3,24,25,26,29). The molecule has 0 aliphatic carbocycles. The second kappa shape index (κ2) is 8.92. The Bertz CT molecular complexity index is 1290. The number of aromatic nitrogens is 4. The van der Waals surface area contributed by atoms with Crippen LogP contribution in [0, 0.1) is 11.3 Å². The first-order chi connectivity index (χ1) is 15.2. The van der Waals surface area contributed by atoms with Crippen LogP contribution in [-0.4, -0.2) is 32.6 Å². The van der Waals surface area contributed by atoms with Crippen LogP contribution in [0.25, 0.3) is 10.9 Å². The fourth-order valence-corrected chi connectivity index (χ4v) is 3.14. The summed E-state index contributed by atoms with van der Waals surface area (Å²) in [7, 11) is 0.